The smallest absolute Gasteiger partial charge is 0.254 e. The van der Waals surface area contributed by atoms with E-state index in [2.05, 4.69) is 60.4 Å². The van der Waals surface area contributed by atoms with Gasteiger partial charge in [-0.1, -0.05) is 44.5 Å². The average Bonchev–Trinajstić information content (AvgIpc) is 3.02. The highest BCUT2D eigenvalue weighted by molar-refractivity contribution is 6.30. The summed E-state index contributed by atoms with van der Waals surface area (Å²) in [6.07, 6.45) is 0. The lowest BCUT2D eigenvalue weighted by molar-refractivity contribution is 0.590. The molecule has 2 aromatic carbocycles. The van der Waals surface area contributed by atoms with Crippen LogP contribution in [0.5, 0.6) is 0 Å². The third-order valence-corrected chi connectivity index (χ3v) is 5.51. The van der Waals surface area contributed by atoms with Gasteiger partial charge in [0.15, 0.2) is 0 Å². The topological polar surface area (TPSA) is 62.7 Å². The van der Waals surface area contributed by atoms with Crippen LogP contribution >= 0.6 is 11.6 Å². The number of rotatable bonds is 4. The molecular weight excluding hydrogens is 396 g/mol. The highest BCUT2D eigenvalue weighted by Crippen LogP contribution is 2.24. The molecule has 0 unspecified atom stereocenters. The largest absolute Gasteiger partial charge is 0.381 e. The molecule has 0 amide bonds. The second-order valence-corrected chi connectivity index (χ2v) is 8.98. The van der Waals surface area contributed by atoms with Crippen molar-refractivity contribution in [3.8, 4) is 5.69 Å². The fourth-order valence-corrected chi connectivity index (χ4v) is 3.57. The summed E-state index contributed by atoms with van der Waals surface area (Å²) in [5.74, 6) is 0. The van der Waals surface area contributed by atoms with Gasteiger partial charge in [0.2, 0.25) is 0 Å². The Bertz CT molecular complexity index is 1250. The van der Waals surface area contributed by atoms with Gasteiger partial charge in [0.25, 0.3) is 5.56 Å². The third kappa shape index (κ3) is 3.98. The van der Waals surface area contributed by atoms with E-state index >= 15 is 0 Å². The Kier molecular flexibility index (Phi) is 5.16. The van der Waals surface area contributed by atoms with Crippen molar-refractivity contribution in [2.45, 2.75) is 39.7 Å². The third-order valence-electron chi connectivity index (χ3n) is 5.25. The van der Waals surface area contributed by atoms with E-state index in [9.17, 15) is 4.79 Å². The highest BCUT2D eigenvalue weighted by atomic mass is 35.5. The maximum atomic E-state index is 12.7. The molecular formula is C24H25ClN4O. The van der Waals surface area contributed by atoms with E-state index in [1.54, 1.807) is 16.8 Å². The molecule has 0 aliphatic carbocycles. The number of anilines is 1. The molecule has 30 heavy (non-hydrogen) atoms. The summed E-state index contributed by atoms with van der Waals surface area (Å²) < 4.78 is 1.74. The zero-order chi connectivity index (χ0) is 21.5. The Morgan fingerprint density at radius 3 is 2.37 bits per heavy atom. The van der Waals surface area contributed by atoms with E-state index < -0.39 is 0 Å². The number of nitrogens with zero attached hydrogens (tertiary/aromatic N) is 2. The number of aromatic amines is 1. The molecule has 0 spiro atoms. The number of benzene rings is 2. The Hall–Kier alpha value is -3.05. The molecule has 2 N–H and O–H groups in total. The minimum Gasteiger partial charge on any atom is -0.381 e. The van der Waals surface area contributed by atoms with Crippen LogP contribution in [0.2, 0.25) is 5.02 Å². The molecule has 5 nitrogen and oxygen atoms in total. The van der Waals surface area contributed by atoms with Crippen LogP contribution in [0.25, 0.3) is 16.7 Å². The van der Waals surface area contributed by atoms with Crippen LogP contribution in [0, 0.1) is 6.92 Å². The van der Waals surface area contributed by atoms with Gasteiger partial charge < -0.3 is 10.3 Å². The molecule has 2 heterocycles. The summed E-state index contributed by atoms with van der Waals surface area (Å²) in [5, 5.41) is 9.53. The van der Waals surface area contributed by atoms with Crippen LogP contribution in [-0.2, 0) is 12.0 Å². The maximum Gasteiger partial charge on any atom is 0.254 e. The van der Waals surface area contributed by atoms with Crippen molar-refractivity contribution in [3.05, 3.63) is 86.8 Å². The zero-order valence-electron chi connectivity index (χ0n) is 17.6. The second kappa shape index (κ2) is 7.65. The highest BCUT2D eigenvalue weighted by Gasteiger charge is 2.14. The van der Waals surface area contributed by atoms with Gasteiger partial charge in [0.1, 0.15) is 5.65 Å². The van der Waals surface area contributed by atoms with Gasteiger partial charge in [-0.15, -0.1) is 0 Å². The van der Waals surface area contributed by atoms with Gasteiger partial charge in [0.05, 0.1) is 11.4 Å². The van der Waals surface area contributed by atoms with Crippen molar-refractivity contribution in [1.82, 2.24) is 14.8 Å². The molecule has 4 aromatic rings. The van der Waals surface area contributed by atoms with E-state index in [1.807, 2.05) is 25.1 Å². The summed E-state index contributed by atoms with van der Waals surface area (Å²) in [6, 6.07) is 17.6. The normalized spacial score (nSPS) is 11.8. The van der Waals surface area contributed by atoms with Crippen LogP contribution < -0.4 is 10.9 Å². The fourth-order valence-electron chi connectivity index (χ4n) is 3.45. The molecule has 0 atom stereocenters. The minimum absolute atomic E-state index is 0.114. The first-order chi connectivity index (χ1) is 14.2. The monoisotopic (exact) mass is 420 g/mol. The maximum absolute atomic E-state index is 12.7. The number of aryl methyl sites for hydroxylation is 1. The van der Waals surface area contributed by atoms with E-state index in [1.165, 1.54) is 5.56 Å². The first kappa shape index (κ1) is 20.2. The van der Waals surface area contributed by atoms with Gasteiger partial charge in [-0.05, 0) is 60.4 Å². The van der Waals surface area contributed by atoms with Crippen molar-refractivity contribution in [3.63, 3.8) is 0 Å². The molecule has 154 valence electrons. The molecule has 0 aliphatic heterocycles. The van der Waals surface area contributed by atoms with E-state index in [0.717, 1.165) is 22.5 Å². The standard InChI is InChI=1S/C24H25ClN4O/c1-15-21-13-16(14-26-19-9-5-17(6-10-19)24(2,3)4)23(30)27-22(21)29(28-15)20-11-7-18(25)8-12-20/h5-13,26H,14H2,1-4H3,(H,27,30). The number of aromatic nitrogens is 3. The second-order valence-electron chi connectivity index (χ2n) is 8.54. The molecule has 0 saturated heterocycles. The predicted octanol–water partition coefficient (Wildman–Crippen LogP) is 5.59. The molecule has 0 fully saturated rings. The SMILES string of the molecule is Cc1nn(-c2ccc(Cl)cc2)c2[nH]c(=O)c(CNc3ccc(C(C)(C)C)cc3)cc12. The van der Waals surface area contributed by atoms with Gasteiger partial charge in [0, 0.05) is 28.2 Å². The number of halogens is 1. The first-order valence-corrected chi connectivity index (χ1v) is 10.3. The van der Waals surface area contributed by atoms with Crippen LogP contribution in [0.1, 0.15) is 37.6 Å². The number of hydrogen-bond donors (Lipinski definition) is 2. The van der Waals surface area contributed by atoms with Gasteiger partial charge in [-0.2, -0.15) is 5.10 Å². The molecule has 4 rings (SSSR count). The Balaban J connectivity index is 1.61. The number of hydrogen-bond acceptors (Lipinski definition) is 3. The number of pyridine rings is 1. The number of nitrogens with one attached hydrogen (secondary N) is 2. The van der Waals surface area contributed by atoms with Crippen LogP contribution in [0.3, 0.4) is 0 Å². The summed E-state index contributed by atoms with van der Waals surface area (Å²) >= 11 is 5.99. The summed E-state index contributed by atoms with van der Waals surface area (Å²) in [7, 11) is 0. The number of fused-ring (bicyclic) bond motifs is 1. The lowest BCUT2D eigenvalue weighted by Gasteiger charge is -2.19. The minimum atomic E-state index is -0.128. The van der Waals surface area contributed by atoms with Crippen LogP contribution in [-0.4, -0.2) is 14.8 Å². The van der Waals surface area contributed by atoms with Crippen molar-refractivity contribution in [1.29, 1.82) is 0 Å². The van der Waals surface area contributed by atoms with Crippen molar-refractivity contribution < 1.29 is 0 Å². The van der Waals surface area contributed by atoms with Crippen molar-refractivity contribution in [2.24, 2.45) is 0 Å². The Labute approximate surface area is 180 Å². The van der Waals surface area contributed by atoms with Crippen LogP contribution in [0.4, 0.5) is 5.69 Å². The average molecular weight is 421 g/mol. The summed E-state index contributed by atoms with van der Waals surface area (Å²) in [4.78, 5) is 15.7. The molecule has 2 aromatic heterocycles. The molecule has 0 aliphatic rings. The molecule has 0 bridgehead atoms. The molecule has 0 saturated carbocycles. The van der Waals surface area contributed by atoms with E-state index in [4.69, 9.17) is 11.6 Å². The van der Waals surface area contributed by atoms with Gasteiger partial charge in [-0.25, -0.2) is 4.68 Å². The fraction of sp³-hybridized carbons (Fsp3) is 0.250. The number of H-pyrrole nitrogens is 1. The predicted molar refractivity (Wildman–Crippen MR) is 124 cm³/mol. The Morgan fingerprint density at radius 1 is 1.07 bits per heavy atom. The molecule has 6 heteroatoms. The summed E-state index contributed by atoms with van der Waals surface area (Å²) in [6.45, 7) is 8.95. The van der Waals surface area contributed by atoms with E-state index in [-0.39, 0.29) is 11.0 Å². The first-order valence-electron chi connectivity index (χ1n) is 9.94. The van der Waals surface area contributed by atoms with Crippen LogP contribution in [0.15, 0.2) is 59.4 Å². The van der Waals surface area contributed by atoms with Crippen molar-refractivity contribution >= 4 is 28.3 Å². The quantitative estimate of drug-likeness (QED) is 0.452. The van der Waals surface area contributed by atoms with Gasteiger partial charge >= 0.3 is 0 Å². The van der Waals surface area contributed by atoms with Gasteiger partial charge in [-0.3, -0.25) is 4.79 Å². The summed E-state index contributed by atoms with van der Waals surface area (Å²) in [5.41, 5.74) is 5.29. The van der Waals surface area contributed by atoms with E-state index in [0.29, 0.717) is 22.8 Å². The van der Waals surface area contributed by atoms with Crippen molar-refractivity contribution in [2.75, 3.05) is 5.32 Å². The lowest BCUT2D eigenvalue weighted by Crippen LogP contribution is -2.16. The molecule has 0 radical (unpaired) electrons. The lowest BCUT2D eigenvalue weighted by atomic mass is 9.87. The Morgan fingerprint density at radius 2 is 1.73 bits per heavy atom. The zero-order valence-corrected chi connectivity index (χ0v) is 18.3.